The number of hydrogen-bond acceptors (Lipinski definition) is 7. The van der Waals surface area contributed by atoms with Gasteiger partial charge in [0.15, 0.2) is 0 Å². The van der Waals surface area contributed by atoms with Gasteiger partial charge < -0.3 is 10.1 Å². The molecule has 0 radical (unpaired) electrons. The van der Waals surface area contributed by atoms with Crippen molar-refractivity contribution in [2.75, 3.05) is 12.4 Å². The monoisotopic (exact) mass is 349 g/mol. The van der Waals surface area contributed by atoms with Crippen LogP contribution in [0.15, 0.2) is 24.4 Å². The number of nitrogens with one attached hydrogen (secondary N) is 1. The third kappa shape index (κ3) is 4.28. The molecule has 25 heavy (non-hydrogen) atoms. The first-order valence-electron chi connectivity index (χ1n) is 7.12. The molecule has 1 aromatic carbocycles. The van der Waals surface area contributed by atoms with Crippen LogP contribution in [-0.2, 0) is 11.3 Å². The molecule has 0 spiro atoms. The number of carbonyl (C=O) groups excluding carboxylic acids is 1. The standard InChI is InChI=1S/C14H15N5O6/c1-9-12(19(23)24)8-17(16-9)6-5-14(20)15-11-4-3-10(18(21)22)7-13(11)25-2/h3-4,7-8H,5-6H2,1-2H3,(H,15,20). The zero-order valence-electron chi connectivity index (χ0n) is 13.5. The fourth-order valence-electron chi connectivity index (χ4n) is 2.13. The number of benzene rings is 1. The molecular formula is C14H15N5O6. The number of hydrogen-bond donors (Lipinski definition) is 1. The molecule has 1 heterocycles. The Morgan fingerprint density at radius 1 is 1.32 bits per heavy atom. The van der Waals surface area contributed by atoms with E-state index in [0.29, 0.717) is 5.69 Å². The molecular weight excluding hydrogens is 334 g/mol. The van der Waals surface area contributed by atoms with Crippen molar-refractivity contribution < 1.29 is 19.4 Å². The topological polar surface area (TPSA) is 142 Å². The molecule has 11 nitrogen and oxygen atoms in total. The van der Waals surface area contributed by atoms with Crippen LogP contribution >= 0.6 is 0 Å². The molecule has 2 rings (SSSR count). The van der Waals surface area contributed by atoms with E-state index in [1.54, 1.807) is 0 Å². The number of amides is 1. The molecule has 0 unspecified atom stereocenters. The maximum absolute atomic E-state index is 12.0. The van der Waals surface area contributed by atoms with Gasteiger partial charge in [0.25, 0.3) is 5.69 Å². The number of nitro benzene ring substituents is 1. The van der Waals surface area contributed by atoms with Crippen molar-refractivity contribution in [3.63, 3.8) is 0 Å². The number of ether oxygens (including phenoxy) is 1. The fraction of sp³-hybridized carbons (Fsp3) is 0.286. The summed E-state index contributed by atoms with van der Waals surface area (Å²) in [5.74, 6) is -0.226. The average Bonchev–Trinajstić information content (AvgIpc) is 2.94. The summed E-state index contributed by atoms with van der Waals surface area (Å²) in [7, 11) is 1.33. The van der Waals surface area contributed by atoms with Gasteiger partial charge in [0.1, 0.15) is 17.6 Å². The van der Waals surface area contributed by atoms with Gasteiger partial charge in [-0.2, -0.15) is 5.10 Å². The van der Waals surface area contributed by atoms with Crippen molar-refractivity contribution in [2.45, 2.75) is 19.9 Å². The summed E-state index contributed by atoms with van der Waals surface area (Å²) < 4.78 is 6.35. The molecule has 1 aromatic heterocycles. The third-order valence-corrected chi connectivity index (χ3v) is 3.36. The molecule has 0 saturated heterocycles. The molecule has 1 amide bonds. The number of nitro groups is 2. The van der Waals surface area contributed by atoms with E-state index >= 15 is 0 Å². The second-order valence-corrected chi connectivity index (χ2v) is 5.06. The van der Waals surface area contributed by atoms with Crippen molar-refractivity contribution in [2.24, 2.45) is 0 Å². The first-order valence-corrected chi connectivity index (χ1v) is 7.12. The predicted molar refractivity (Wildman–Crippen MR) is 86.5 cm³/mol. The second kappa shape index (κ2) is 7.38. The van der Waals surface area contributed by atoms with Crippen LogP contribution in [0.2, 0.25) is 0 Å². The smallest absolute Gasteiger partial charge is 0.309 e. The van der Waals surface area contributed by atoms with Gasteiger partial charge in [-0.1, -0.05) is 0 Å². The van der Waals surface area contributed by atoms with E-state index in [1.165, 1.54) is 43.1 Å². The Morgan fingerprint density at radius 2 is 2.04 bits per heavy atom. The van der Waals surface area contributed by atoms with E-state index in [1.807, 2.05) is 0 Å². The molecule has 0 saturated carbocycles. The normalized spacial score (nSPS) is 10.3. The Hall–Kier alpha value is -3.50. The minimum atomic E-state index is -0.568. The van der Waals surface area contributed by atoms with Crippen LogP contribution in [0.1, 0.15) is 12.1 Å². The molecule has 11 heteroatoms. The number of carbonyl (C=O) groups is 1. The lowest BCUT2D eigenvalue weighted by Gasteiger charge is -2.10. The highest BCUT2D eigenvalue weighted by atomic mass is 16.6. The van der Waals surface area contributed by atoms with E-state index in [9.17, 15) is 25.0 Å². The zero-order chi connectivity index (χ0) is 18.6. The summed E-state index contributed by atoms with van der Waals surface area (Å²) in [6.45, 7) is 1.66. The summed E-state index contributed by atoms with van der Waals surface area (Å²) in [5, 5.41) is 28.1. The predicted octanol–water partition coefficient (Wildman–Crippen LogP) is 2.05. The molecule has 0 atom stereocenters. The summed E-state index contributed by atoms with van der Waals surface area (Å²) in [4.78, 5) is 32.4. The lowest BCUT2D eigenvalue weighted by molar-refractivity contribution is -0.385. The molecule has 0 aliphatic carbocycles. The van der Waals surface area contributed by atoms with Crippen LogP contribution < -0.4 is 10.1 Å². The molecule has 0 fully saturated rings. The van der Waals surface area contributed by atoms with Gasteiger partial charge in [-0.25, -0.2) is 0 Å². The Balaban J connectivity index is 2.02. The zero-order valence-corrected chi connectivity index (χ0v) is 13.5. The van der Waals surface area contributed by atoms with Gasteiger partial charge in [-0.3, -0.25) is 29.7 Å². The molecule has 132 valence electrons. The second-order valence-electron chi connectivity index (χ2n) is 5.06. The fourth-order valence-corrected chi connectivity index (χ4v) is 2.13. The third-order valence-electron chi connectivity index (χ3n) is 3.36. The largest absolute Gasteiger partial charge is 0.494 e. The van der Waals surface area contributed by atoms with E-state index in [2.05, 4.69) is 10.4 Å². The van der Waals surface area contributed by atoms with Gasteiger partial charge >= 0.3 is 5.69 Å². The molecule has 0 bridgehead atoms. The Morgan fingerprint density at radius 3 is 2.60 bits per heavy atom. The van der Waals surface area contributed by atoms with E-state index in [-0.39, 0.29) is 41.7 Å². The van der Waals surface area contributed by atoms with Crippen molar-refractivity contribution in [1.29, 1.82) is 0 Å². The van der Waals surface area contributed by atoms with Gasteiger partial charge in [-0.05, 0) is 13.0 Å². The average molecular weight is 349 g/mol. The number of nitrogens with zero attached hydrogens (tertiary/aromatic N) is 4. The lowest BCUT2D eigenvalue weighted by atomic mass is 10.2. The molecule has 2 aromatic rings. The van der Waals surface area contributed by atoms with E-state index in [4.69, 9.17) is 4.74 Å². The first kappa shape index (κ1) is 17.8. The van der Waals surface area contributed by atoms with Crippen molar-refractivity contribution in [3.05, 3.63) is 50.3 Å². The SMILES string of the molecule is COc1cc([N+](=O)[O-])ccc1NC(=O)CCn1cc([N+](=O)[O-])c(C)n1. The van der Waals surface area contributed by atoms with Gasteiger partial charge in [0, 0.05) is 19.0 Å². The van der Waals surface area contributed by atoms with Crippen molar-refractivity contribution in [1.82, 2.24) is 9.78 Å². The molecule has 0 aliphatic rings. The Bertz CT molecular complexity index is 831. The van der Waals surface area contributed by atoms with Crippen molar-refractivity contribution >= 4 is 23.0 Å². The number of anilines is 1. The van der Waals surface area contributed by atoms with Crippen LogP contribution in [0, 0.1) is 27.2 Å². The highest BCUT2D eigenvalue weighted by molar-refractivity contribution is 5.92. The Kier molecular flexibility index (Phi) is 5.27. The number of aromatic nitrogens is 2. The minimum absolute atomic E-state index is 0.0123. The quantitative estimate of drug-likeness (QED) is 0.595. The van der Waals surface area contributed by atoms with Crippen LogP contribution in [0.4, 0.5) is 17.1 Å². The number of rotatable bonds is 7. The van der Waals surface area contributed by atoms with Gasteiger partial charge in [0.2, 0.25) is 5.91 Å². The van der Waals surface area contributed by atoms with Crippen LogP contribution in [0.5, 0.6) is 5.75 Å². The maximum Gasteiger partial charge on any atom is 0.309 e. The van der Waals surface area contributed by atoms with Crippen molar-refractivity contribution in [3.8, 4) is 5.75 Å². The number of methoxy groups -OCH3 is 1. The number of aryl methyl sites for hydroxylation is 2. The van der Waals surface area contributed by atoms with Crippen LogP contribution in [0.3, 0.4) is 0 Å². The summed E-state index contributed by atoms with van der Waals surface area (Å²) in [6, 6.07) is 3.83. The molecule has 1 N–H and O–H groups in total. The Labute approximate surface area is 141 Å². The lowest BCUT2D eigenvalue weighted by Crippen LogP contribution is -2.15. The number of non-ortho nitro benzene ring substituents is 1. The van der Waals surface area contributed by atoms with E-state index in [0.717, 1.165) is 0 Å². The maximum atomic E-state index is 12.0. The summed E-state index contributed by atoms with van der Waals surface area (Å²) in [5.41, 5.74) is 0.287. The van der Waals surface area contributed by atoms with Crippen LogP contribution in [-0.4, -0.2) is 32.6 Å². The first-order chi connectivity index (χ1) is 11.8. The van der Waals surface area contributed by atoms with Gasteiger partial charge in [-0.15, -0.1) is 0 Å². The van der Waals surface area contributed by atoms with Gasteiger partial charge in [0.05, 0.1) is 28.7 Å². The summed E-state index contributed by atoms with van der Waals surface area (Å²) >= 11 is 0. The molecule has 0 aliphatic heterocycles. The minimum Gasteiger partial charge on any atom is -0.494 e. The highest BCUT2D eigenvalue weighted by Gasteiger charge is 2.17. The van der Waals surface area contributed by atoms with Crippen LogP contribution in [0.25, 0.3) is 0 Å². The summed E-state index contributed by atoms with van der Waals surface area (Å²) in [6.07, 6.45) is 1.27. The van der Waals surface area contributed by atoms with E-state index < -0.39 is 9.85 Å². The highest BCUT2D eigenvalue weighted by Crippen LogP contribution is 2.29.